The van der Waals surface area contributed by atoms with Gasteiger partial charge in [-0.15, -0.1) is 0 Å². The summed E-state index contributed by atoms with van der Waals surface area (Å²) in [5.41, 5.74) is 3.03. The molecule has 5 heteroatoms. The Morgan fingerprint density at radius 2 is 1.71 bits per heavy atom. The van der Waals surface area contributed by atoms with Crippen LogP contribution in [0.3, 0.4) is 0 Å². The van der Waals surface area contributed by atoms with E-state index in [9.17, 15) is 4.79 Å². The summed E-state index contributed by atoms with van der Waals surface area (Å²) in [6, 6.07) is 11.5. The molecule has 0 aliphatic heterocycles. The van der Waals surface area contributed by atoms with Crippen LogP contribution < -0.4 is 19.5 Å². The largest absolute Gasteiger partial charge is 0.493 e. The summed E-state index contributed by atoms with van der Waals surface area (Å²) in [4.78, 5) is 12.0. The second kappa shape index (κ2) is 8.24. The van der Waals surface area contributed by atoms with Gasteiger partial charge in [0.25, 0.3) is 5.91 Å². The molecule has 1 amide bonds. The van der Waals surface area contributed by atoms with Crippen LogP contribution in [0.2, 0.25) is 0 Å². The van der Waals surface area contributed by atoms with Gasteiger partial charge in [0.15, 0.2) is 18.1 Å². The number of amides is 1. The van der Waals surface area contributed by atoms with Crippen molar-refractivity contribution in [3.05, 3.63) is 53.1 Å². The van der Waals surface area contributed by atoms with Crippen LogP contribution in [0.4, 0.5) is 0 Å². The number of carbonyl (C=O) groups is 1. The van der Waals surface area contributed by atoms with Crippen LogP contribution in [0.5, 0.6) is 17.2 Å². The van der Waals surface area contributed by atoms with E-state index in [0.29, 0.717) is 18.0 Å². The SMILES string of the molecule is COc1ccc(CNC(=O)COc2cc(C)ccc2C)cc1OC. The molecule has 0 aliphatic rings. The van der Waals surface area contributed by atoms with Gasteiger partial charge in [-0.3, -0.25) is 4.79 Å². The molecule has 2 rings (SSSR count). The van der Waals surface area contributed by atoms with Crippen molar-refractivity contribution in [1.82, 2.24) is 5.32 Å². The van der Waals surface area contributed by atoms with Gasteiger partial charge in [-0.25, -0.2) is 0 Å². The molecule has 0 fully saturated rings. The molecule has 0 heterocycles. The highest BCUT2D eigenvalue weighted by Gasteiger charge is 2.08. The van der Waals surface area contributed by atoms with Gasteiger partial charge in [-0.05, 0) is 48.7 Å². The number of carbonyl (C=O) groups excluding carboxylic acids is 1. The van der Waals surface area contributed by atoms with Crippen molar-refractivity contribution in [3.63, 3.8) is 0 Å². The molecule has 2 aromatic rings. The van der Waals surface area contributed by atoms with Gasteiger partial charge in [-0.2, -0.15) is 0 Å². The highest BCUT2D eigenvalue weighted by Crippen LogP contribution is 2.27. The number of rotatable bonds is 7. The maximum absolute atomic E-state index is 12.0. The molecule has 0 aromatic heterocycles. The molecular formula is C19H23NO4. The van der Waals surface area contributed by atoms with Crippen molar-refractivity contribution in [2.75, 3.05) is 20.8 Å². The fourth-order valence-electron chi connectivity index (χ4n) is 2.25. The van der Waals surface area contributed by atoms with Gasteiger partial charge < -0.3 is 19.5 Å². The summed E-state index contributed by atoms with van der Waals surface area (Å²) in [6.45, 7) is 4.33. The molecule has 2 aromatic carbocycles. The average Bonchev–Trinajstić information content (AvgIpc) is 2.60. The Kier molecular flexibility index (Phi) is 6.07. The molecule has 5 nitrogen and oxygen atoms in total. The summed E-state index contributed by atoms with van der Waals surface area (Å²) < 4.78 is 16.0. The molecule has 0 unspecified atom stereocenters. The number of hydrogen-bond acceptors (Lipinski definition) is 4. The molecule has 0 bridgehead atoms. The minimum atomic E-state index is -0.175. The van der Waals surface area contributed by atoms with E-state index in [1.54, 1.807) is 14.2 Å². The minimum absolute atomic E-state index is 0.0163. The maximum atomic E-state index is 12.0. The first-order valence-electron chi connectivity index (χ1n) is 7.71. The van der Waals surface area contributed by atoms with Crippen molar-refractivity contribution in [3.8, 4) is 17.2 Å². The Morgan fingerprint density at radius 3 is 2.42 bits per heavy atom. The third kappa shape index (κ3) is 4.65. The molecule has 0 spiro atoms. The topological polar surface area (TPSA) is 56.8 Å². The number of benzene rings is 2. The summed E-state index contributed by atoms with van der Waals surface area (Å²) in [5, 5.41) is 2.83. The van der Waals surface area contributed by atoms with Crippen LogP contribution in [0.1, 0.15) is 16.7 Å². The van der Waals surface area contributed by atoms with Gasteiger partial charge >= 0.3 is 0 Å². The number of nitrogens with one attached hydrogen (secondary N) is 1. The van der Waals surface area contributed by atoms with Crippen LogP contribution in [-0.2, 0) is 11.3 Å². The molecule has 0 saturated carbocycles. The van der Waals surface area contributed by atoms with Crippen LogP contribution in [0.25, 0.3) is 0 Å². The fourth-order valence-corrected chi connectivity index (χ4v) is 2.25. The summed E-state index contributed by atoms with van der Waals surface area (Å²) in [7, 11) is 3.17. The monoisotopic (exact) mass is 329 g/mol. The Labute approximate surface area is 142 Å². The lowest BCUT2D eigenvalue weighted by molar-refractivity contribution is -0.123. The fraction of sp³-hybridized carbons (Fsp3) is 0.316. The van der Waals surface area contributed by atoms with Crippen LogP contribution in [-0.4, -0.2) is 26.7 Å². The zero-order chi connectivity index (χ0) is 17.5. The molecular weight excluding hydrogens is 306 g/mol. The molecule has 0 radical (unpaired) electrons. The first-order valence-corrected chi connectivity index (χ1v) is 7.71. The Hall–Kier alpha value is -2.69. The van der Waals surface area contributed by atoms with Crippen molar-refractivity contribution in [2.45, 2.75) is 20.4 Å². The van der Waals surface area contributed by atoms with E-state index in [1.807, 2.05) is 50.2 Å². The van der Waals surface area contributed by atoms with E-state index < -0.39 is 0 Å². The van der Waals surface area contributed by atoms with Crippen molar-refractivity contribution < 1.29 is 19.0 Å². The van der Waals surface area contributed by atoms with Gasteiger partial charge in [0.2, 0.25) is 0 Å². The number of hydrogen-bond donors (Lipinski definition) is 1. The van der Waals surface area contributed by atoms with Gasteiger partial charge in [0, 0.05) is 6.54 Å². The zero-order valence-electron chi connectivity index (χ0n) is 14.5. The van der Waals surface area contributed by atoms with Crippen LogP contribution in [0, 0.1) is 13.8 Å². The van der Waals surface area contributed by atoms with E-state index in [0.717, 1.165) is 22.4 Å². The summed E-state index contributed by atoms with van der Waals surface area (Å²) in [5.74, 6) is 1.85. The third-order valence-corrected chi connectivity index (χ3v) is 3.64. The minimum Gasteiger partial charge on any atom is -0.493 e. The first kappa shape index (κ1) is 17.7. The molecule has 0 atom stereocenters. The molecule has 0 aliphatic carbocycles. The highest BCUT2D eigenvalue weighted by molar-refractivity contribution is 5.77. The smallest absolute Gasteiger partial charge is 0.258 e. The second-order valence-electron chi connectivity index (χ2n) is 5.52. The maximum Gasteiger partial charge on any atom is 0.258 e. The Bertz CT molecular complexity index is 713. The summed E-state index contributed by atoms with van der Waals surface area (Å²) in [6.07, 6.45) is 0. The van der Waals surface area contributed by atoms with E-state index in [4.69, 9.17) is 14.2 Å². The Balaban J connectivity index is 1.88. The zero-order valence-corrected chi connectivity index (χ0v) is 14.5. The lowest BCUT2D eigenvalue weighted by Crippen LogP contribution is -2.28. The van der Waals surface area contributed by atoms with E-state index >= 15 is 0 Å². The number of methoxy groups -OCH3 is 2. The molecule has 24 heavy (non-hydrogen) atoms. The lowest BCUT2D eigenvalue weighted by Gasteiger charge is -2.12. The second-order valence-corrected chi connectivity index (χ2v) is 5.52. The average molecular weight is 329 g/mol. The molecule has 1 N–H and O–H groups in total. The predicted molar refractivity (Wildman–Crippen MR) is 92.8 cm³/mol. The van der Waals surface area contributed by atoms with Crippen molar-refractivity contribution in [2.24, 2.45) is 0 Å². The number of aryl methyl sites for hydroxylation is 2. The van der Waals surface area contributed by atoms with E-state index in [2.05, 4.69) is 5.32 Å². The van der Waals surface area contributed by atoms with Gasteiger partial charge in [0.1, 0.15) is 5.75 Å². The quantitative estimate of drug-likeness (QED) is 0.848. The van der Waals surface area contributed by atoms with Gasteiger partial charge in [-0.1, -0.05) is 18.2 Å². The third-order valence-electron chi connectivity index (χ3n) is 3.64. The normalized spacial score (nSPS) is 10.2. The van der Waals surface area contributed by atoms with Crippen molar-refractivity contribution >= 4 is 5.91 Å². The molecule has 0 saturated heterocycles. The highest BCUT2D eigenvalue weighted by atomic mass is 16.5. The van der Waals surface area contributed by atoms with Crippen molar-refractivity contribution in [1.29, 1.82) is 0 Å². The number of ether oxygens (including phenoxy) is 3. The lowest BCUT2D eigenvalue weighted by atomic mass is 10.1. The van der Waals surface area contributed by atoms with E-state index in [-0.39, 0.29) is 12.5 Å². The molecule has 128 valence electrons. The standard InChI is InChI=1S/C19H23NO4/c1-13-5-6-14(2)17(9-13)24-12-19(21)20-11-15-7-8-16(22-3)18(10-15)23-4/h5-10H,11-12H2,1-4H3,(H,20,21). The predicted octanol–water partition coefficient (Wildman–Crippen LogP) is 3.02. The Morgan fingerprint density at radius 1 is 0.958 bits per heavy atom. The van der Waals surface area contributed by atoms with Crippen LogP contribution >= 0.6 is 0 Å². The van der Waals surface area contributed by atoms with Crippen LogP contribution in [0.15, 0.2) is 36.4 Å². The summed E-state index contributed by atoms with van der Waals surface area (Å²) >= 11 is 0. The first-order chi connectivity index (χ1) is 11.5. The van der Waals surface area contributed by atoms with Gasteiger partial charge in [0.05, 0.1) is 14.2 Å². The van der Waals surface area contributed by atoms with E-state index in [1.165, 1.54) is 0 Å².